The van der Waals surface area contributed by atoms with E-state index in [4.69, 9.17) is 0 Å². The van der Waals surface area contributed by atoms with Crippen molar-refractivity contribution in [3.63, 3.8) is 0 Å². The maximum atomic E-state index is 13.8. The van der Waals surface area contributed by atoms with Crippen LogP contribution in [0.4, 0.5) is 25.8 Å². The van der Waals surface area contributed by atoms with Gasteiger partial charge in [-0.15, -0.1) is 0 Å². The molecule has 0 spiro atoms. The first-order valence-corrected chi connectivity index (χ1v) is 7.98. The molecule has 0 bridgehead atoms. The summed E-state index contributed by atoms with van der Waals surface area (Å²) < 4.78 is 26.7. The number of nitrogens with zero attached hydrogens (tertiary/aromatic N) is 1. The number of anilines is 3. The van der Waals surface area contributed by atoms with Crippen molar-refractivity contribution in [3.8, 4) is 0 Å². The molecule has 0 aliphatic rings. The van der Waals surface area contributed by atoms with E-state index < -0.39 is 11.6 Å². The second kappa shape index (κ2) is 7.31. The molecule has 0 aliphatic carbocycles. The van der Waals surface area contributed by atoms with Gasteiger partial charge in [0.1, 0.15) is 11.6 Å². The van der Waals surface area contributed by atoms with Crippen molar-refractivity contribution < 1.29 is 13.6 Å². The van der Waals surface area contributed by atoms with Crippen molar-refractivity contribution in [1.29, 1.82) is 0 Å². The number of aromatic nitrogens is 1. The van der Waals surface area contributed by atoms with E-state index in [0.29, 0.717) is 16.9 Å². The predicted molar refractivity (Wildman–Crippen MR) is 97.7 cm³/mol. The van der Waals surface area contributed by atoms with Gasteiger partial charge in [0, 0.05) is 18.0 Å². The topological polar surface area (TPSA) is 54.0 Å². The van der Waals surface area contributed by atoms with E-state index in [9.17, 15) is 13.6 Å². The van der Waals surface area contributed by atoms with Crippen LogP contribution in [-0.2, 0) is 0 Å². The lowest BCUT2D eigenvalue weighted by molar-refractivity contribution is 0.102. The number of aryl methyl sites for hydroxylation is 2. The molecule has 6 heteroatoms. The summed E-state index contributed by atoms with van der Waals surface area (Å²) in [6.07, 6.45) is 2.88. The third-order valence-electron chi connectivity index (χ3n) is 3.84. The molecule has 3 aromatic rings. The number of rotatable bonds is 4. The normalized spacial score (nSPS) is 10.5. The first-order valence-electron chi connectivity index (χ1n) is 7.98. The van der Waals surface area contributed by atoms with Crippen LogP contribution in [-0.4, -0.2) is 10.9 Å². The highest BCUT2D eigenvalue weighted by Gasteiger charge is 2.10. The molecule has 0 radical (unpaired) electrons. The van der Waals surface area contributed by atoms with Gasteiger partial charge in [-0.25, -0.2) is 8.78 Å². The van der Waals surface area contributed by atoms with Crippen LogP contribution in [0.5, 0.6) is 0 Å². The lowest BCUT2D eigenvalue weighted by Gasteiger charge is -2.11. The highest BCUT2D eigenvalue weighted by atomic mass is 19.1. The Morgan fingerprint density at radius 1 is 0.962 bits per heavy atom. The number of hydrogen-bond acceptors (Lipinski definition) is 3. The zero-order valence-corrected chi connectivity index (χ0v) is 14.3. The van der Waals surface area contributed by atoms with E-state index >= 15 is 0 Å². The van der Waals surface area contributed by atoms with E-state index in [2.05, 4.69) is 15.6 Å². The van der Waals surface area contributed by atoms with Crippen LogP contribution >= 0.6 is 0 Å². The van der Waals surface area contributed by atoms with Crippen LogP contribution in [0.2, 0.25) is 0 Å². The SMILES string of the molecule is Cc1ccc(NC(=O)c2cncc(Nc3ccc(F)cc3F)c2)c(C)c1. The number of pyridine rings is 1. The van der Waals surface area contributed by atoms with Crippen LogP contribution in [0.15, 0.2) is 54.9 Å². The Morgan fingerprint density at radius 3 is 2.46 bits per heavy atom. The number of carbonyl (C=O) groups is 1. The maximum absolute atomic E-state index is 13.8. The van der Waals surface area contributed by atoms with E-state index in [1.807, 2.05) is 32.0 Å². The van der Waals surface area contributed by atoms with Crippen LogP contribution < -0.4 is 10.6 Å². The molecule has 0 unspecified atom stereocenters. The van der Waals surface area contributed by atoms with Gasteiger partial charge in [0.2, 0.25) is 0 Å². The van der Waals surface area contributed by atoms with Gasteiger partial charge in [-0.05, 0) is 43.7 Å². The second-order valence-electron chi connectivity index (χ2n) is 5.98. The standard InChI is InChI=1S/C20H17F2N3O/c1-12-3-5-18(13(2)7-12)25-20(26)14-8-16(11-23-10-14)24-19-6-4-15(21)9-17(19)22/h3-11,24H,1-2H3,(H,25,26). The van der Waals surface area contributed by atoms with Crippen LogP contribution in [0.25, 0.3) is 0 Å². The van der Waals surface area contributed by atoms with Crippen molar-refractivity contribution in [1.82, 2.24) is 4.98 Å². The van der Waals surface area contributed by atoms with Crippen molar-refractivity contribution in [2.75, 3.05) is 10.6 Å². The fourth-order valence-electron chi connectivity index (χ4n) is 2.53. The average molecular weight is 353 g/mol. The molecule has 0 saturated heterocycles. The van der Waals surface area contributed by atoms with Crippen molar-refractivity contribution in [2.24, 2.45) is 0 Å². The minimum Gasteiger partial charge on any atom is -0.352 e. The van der Waals surface area contributed by atoms with Crippen molar-refractivity contribution >= 4 is 23.0 Å². The Bertz CT molecular complexity index is 973. The number of carbonyl (C=O) groups excluding carboxylic acids is 1. The van der Waals surface area contributed by atoms with Crippen LogP contribution in [0, 0.1) is 25.5 Å². The minimum absolute atomic E-state index is 0.0973. The largest absolute Gasteiger partial charge is 0.352 e. The number of amides is 1. The van der Waals surface area contributed by atoms with Gasteiger partial charge in [-0.1, -0.05) is 17.7 Å². The molecule has 4 nitrogen and oxygen atoms in total. The van der Waals surface area contributed by atoms with Gasteiger partial charge in [0.25, 0.3) is 5.91 Å². The molecule has 0 aliphatic heterocycles. The zero-order chi connectivity index (χ0) is 18.7. The molecule has 0 atom stereocenters. The fraction of sp³-hybridized carbons (Fsp3) is 0.100. The summed E-state index contributed by atoms with van der Waals surface area (Å²) >= 11 is 0. The molecule has 2 N–H and O–H groups in total. The quantitative estimate of drug-likeness (QED) is 0.696. The predicted octanol–water partition coefficient (Wildman–Crippen LogP) is 4.97. The zero-order valence-electron chi connectivity index (χ0n) is 14.3. The average Bonchev–Trinajstić information content (AvgIpc) is 2.60. The summed E-state index contributed by atoms with van der Waals surface area (Å²) in [6, 6.07) is 10.5. The monoisotopic (exact) mass is 353 g/mol. The third kappa shape index (κ3) is 4.03. The maximum Gasteiger partial charge on any atom is 0.257 e. The summed E-state index contributed by atoms with van der Waals surface area (Å²) in [7, 11) is 0. The van der Waals surface area contributed by atoms with Crippen LogP contribution in [0.3, 0.4) is 0 Å². The molecule has 3 rings (SSSR count). The molecule has 1 amide bonds. The van der Waals surface area contributed by atoms with E-state index in [1.54, 1.807) is 6.07 Å². The number of halogens is 2. The molecule has 2 aromatic carbocycles. The molecule has 0 fully saturated rings. The first-order chi connectivity index (χ1) is 12.4. The molecule has 132 valence electrons. The van der Waals surface area contributed by atoms with Gasteiger partial charge in [0.05, 0.1) is 23.1 Å². The Balaban J connectivity index is 1.79. The van der Waals surface area contributed by atoms with E-state index in [0.717, 1.165) is 23.3 Å². The summed E-state index contributed by atoms with van der Waals surface area (Å²) in [5, 5.41) is 5.63. The van der Waals surface area contributed by atoms with Crippen LogP contribution in [0.1, 0.15) is 21.5 Å². The summed E-state index contributed by atoms with van der Waals surface area (Å²) in [5.41, 5.74) is 3.61. The Labute approximate surface area is 149 Å². The van der Waals surface area contributed by atoms with Crippen molar-refractivity contribution in [2.45, 2.75) is 13.8 Å². The lowest BCUT2D eigenvalue weighted by Crippen LogP contribution is -2.13. The van der Waals surface area contributed by atoms with Gasteiger partial charge in [-0.3, -0.25) is 9.78 Å². The Hall–Kier alpha value is -3.28. The number of benzene rings is 2. The highest BCUT2D eigenvalue weighted by molar-refractivity contribution is 6.05. The van der Waals surface area contributed by atoms with Gasteiger partial charge >= 0.3 is 0 Å². The molecule has 1 aromatic heterocycles. The van der Waals surface area contributed by atoms with Gasteiger partial charge < -0.3 is 10.6 Å². The summed E-state index contributed by atoms with van der Waals surface area (Å²) in [6.45, 7) is 3.89. The molecular formula is C20H17F2N3O. The van der Waals surface area contributed by atoms with E-state index in [1.165, 1.54) is 18.5 Å². The number of hydrogen-bond donors (Lipinski definition) is 2. The molecular weight excluding hydrogens is 336 g/mol. The summed E-state index contributed by atoms with van der Waals surface area (Å²) in [4.78, 5) is 16.5. The van der Waals surface area contributed by atoms with E-state index in [-0.39, 0.29) is 11.6 Å². The highest BCUT2D eigenvalue weighted by Crippen LogP contribution is 2.22. The lowest BCUT2D eigenvalue weighted by atomic mass is 10.1. The molecule has 26 heavy (non-hydrogen) atoms. The Kier molecular flexibility index (Phi) is 4.93. The first kappa shape index (κ1) is 17.5. The molecule has 0 saturated carbocycles. The van der Waals surface area contributed by atoms with Crippen molar-refractivity contribution in [3.05, 3.63) is 83.2 Å². The van der Waals surface area contributed by atoms with Gasteiger partial charge in [-0.2, -0.15) is 0 Å². The fourth-order valence-corrected chi connectivity index (χ4v) is 2.53. The smallest absolute Gasteiger partial charge is 0.257 e. The second-order valence-corrected chi connectivity index (χ2v) is 5.98. The minimum atomic E-state index is -0.727. The Morgan fingerprint density at radius 2 is 1.73 bits per heavy atom. The van der Waals surface area contributed by atoms with Gasteiger partial charge in [0.15, 0.2) is 0 Å². The number of nitrogens with one attached hydrogen (secondary N) is 2. The summed E-state index contributed by atoms with van der Waals surface area (Å²) in [5.74, 6) is -1.71. The third-order valence-corrected chi connectivity index (χ3v) is 3.84. The molecule has 1 heterocycles.